The van der Waals surface area contributed by atoms with E-state index in [0.29, 0.717) is 33.3 Å². The van der Waals surface area contributed by atoms with Gasteiger partial charge in [0.05, 0.1) is 27.8 Å². The summed E-state index contributed by atoms with van der Waals surface area (Å²) in [6, 6.07) is 10.1. The first-order valence-electron chi connectivity index (χ1n) is 8.93. The van der Waals surface area contributed by atoms with Gasteiger partial charge in [0.25, 0.3) is 5.91 Å². The highest BCUT2D eigenvalue weighted by molar-refractivity contribution is 6.31. The number of ether oxygens (including phenoxy) is 2. The topological polar surface area (TPSA) is 82.5 Å². The average Bonchev–Trinajstić information content (AvgIpc) is 3.26. The van der Waals surface area contributed by atoms with Crippen LogP contribution in [0, 0.1) is 13.8 Å². The number of Topliss-reactive ketones (excluding diaryl/α,β-unsaturated/α-hetero) is 1. The van der Waals surface area contributed by atoms with Crippen LogP contribution in [-0.2, 0) is 0 Å². The second kappa shape index (κ2) is 7.25. The van der Waals surface area contributed by atoms with Crippen LogP contribution in [-0.4, -0.2) is 28.3 Å². The Hall–Kier alpha value is -3.32. The molecule has 0 saturated heterocycles. The minimum Gasteiger partial charge on any atom is -0.454 e. The molecule has 0 bridgehead atoms. The number of carbonyl (C=O) groups excluding carboxylic acids is 2. The number of anilines is 1. The number of fused-ring (bicyclic) bond motifs is 1. The standard InChI is InChI=1S/C21H18ClN3O4/c1-11-20(22)12(2)25(24-11)15-6-4-14(5-7-15)21(27)23-17-9-19-18(28-10-29-19)8-16(17)13(3)26/h4-9H,10H2,1-3H3,(H,23,27). The van der Waals surface area contributed by atoms with Crippen LogP contribution >= 0.6 is 11.6 Å². The quantitative estimate of drug-likeness (QED) is 0.646. The van der Waals surface area contributed by atoms with E-state index in [1.165, 1.54) is 6.92 Å². The molecule has 29 heavy (non-hydrogen) atoms. The number of hydrogen-bond acceptors (Lipinski definition) is 5. The zero-order valence-corrected chi connectivity index (χ0v) is 16.8. The molecular weight excluding hydrogens is 394 g/mol. The van der Waals surface area contributed by atoms with Gasteiger partial charge in [-0.05, 0) is 51.1 Å². The number of ketones is 1. The number of rotatable bonds is 4. The Labute approximate surface area is 172 Å². The van der Waals surface area contributed by atoms with E-state index < -0.39 is 0 Å². The second-order valence-corrected chi connectivity index (χ2v) is 7.08. The van der Waals surface area contributed by atoms with E-state index in [1.54, 1.807) is 41.1 Å². The van der Waals surface area contributed by atoms with Gasteiger partial charge in [0, 0.05) is 17.2 Å². The molecule has 4 rings (SSSR count). The van der Waals surface area contributed by atoms with Gasteiger partial charge in [0.1, 0.15) is 0 Å². The minimum absolute atomic E-state index is 0.0852. The first kappa shape index (κ1) is 19.0. The molecule has 0 atom stereocenters. The average molecular weight is 412 g/mol. The number of amides is 1. The van der Waals surface area contributed by atoms with Crippen LogP contribution in [0.5, 0.6) is 11.5 Å². The normalized spacial score (nSPS) is 12.1. The van der Waals surface area contributed by atoms with Crippen molar-refractivity contribution in [3.63, 3.8) is 0 Å². The van der Waals surface area contributed by atoms with Gasteiger partial charge in [-0.1, -0.05) is 11.6 Å². The van der Waals surface area contributed by atoms with Gasteiger partial charge in [-0.25, -0.2) is 4.68 Å². The number of hydrogen-bond donors (Lipinski definition) is 1. The van der Waals surface area contributed by atoms with Crippen LogP contribution in [0.2, 0.25) is 5.02 Å². The summed E-state index contributed by atoms with van der Waals surface area (Å²) < 4.78 is 12.4. The smallest absolute Gasteiger partial charge is 0.255 e. The van der Waals surface area contributed by atoms with Crippen molar-refractivity contribution in [2.24, 2.45) is 0 Å². The molecule has 0 aliphatic carbocycles. The molecule has 0 unspecified atom stereocenters. The Balaban J connectivity index is 1.60. The van der Waals surface area contributed by atoms with Crippen LogP contribution in [0.3, 0.4) is 0 Å². The summed E-state index contributed by atoms with van der Waals surface area (Å²) >= 11 is 6.21. The van der Waals surface area contributed by atoms with Gasteiger partial charge < -0.3 is 14.8 Å². The van der Waals surface area contributed by atoms with Crippen molar-refractivity contribution in [2.75, 3.05) is 12.1 Å². The fraction of sp³-hybridized carbons (Fsp3) is 0.190. The molecule has 1 N–H and O–H groups in total. The van der Waals surface area contributed by atoms with Gasteiger partial charge in [0.2, 0.25) is 6.79 Å². The number of halogens is 1. The molecular formula is C21H18ClN3O4. The van der Waals surface area contributed by atoms with Crippen molar-refractivity contribution < 1.29 is 19.1 Å². The maximum Gasteiger partial charge on any atom is 0.255 e. The molecule has 1 aliphatic heterocycles. The Morgan fingerprint density at radius 2 is 1.76 bits per heavy atom. The van der Waals surface area contributed by atoms with E-state index in [-0.39, 0.29) is 18.5 Å². The summed E-state index contributed by atoms with van der Waals surface area (Å²) in [4.78, 5) is 24.7. The predicted molar refractivity (Wildman–Crippen MR) is 109 cm³/mol. The van der Waals surface area contributed by atoms with Crippen molar-refractivity contribution in [3.8, 4) is 17.2 Å². The van der Waals surface area contributed by atoms with Crippen molar-refractivity contribution in [3.05, 3.63) is 63.9 Å². The Kier molecular flexibility index (Phi) is 4.76. The highest BCUT2D eigenvalue weighted by Crippen LogP contribution is 2.37. The van der Waals surface area contributed by atoms with Crippen LogP contribution in [0.25, 0.3) is 5.69 Å². The molecule has 0 fully saturated rings. The fourth-order valence-corrected chi connectivity index (χ4v) is 3.28. The van der Waals surface area contributed by atoms with Crippen molar-refractivity contribution in [1.82, 2.24) is 9.78 Å². The molecule has 0 saturated carbocycles. The second-order valence-electron chi connectivity index (χ2n) is 6.70. The maximum atomic E-state index is 12.7. The van der Waals surface area contributed by atoms with E-state index in [2.05, 4.69) is 10.4 Å². The van der Waals surface area contributed by atoms with Gasteiger partial charge in [-0.3, -0.25) is 9.59 Å². The van der Waals surface area contributed by atoms with Gasteiger partial charge in [-0.2, -0.15) is 5.10 Å². The molecule has 1 amide bonds. The van der Waals surface area contributed by atoms with E-state index in [1.807, 2.05) is 13.8 Å². The SMILES string of the molecule is CC(=O)c1cc2c(cc1NC(=O)c1ccc(-n3nc(C)c(Cl)c3C)cc1)OCO2. The monoisotopic (exact) mass is 411 g/mol. The molecule has 2 aromatic carbocycles. The molecule has 3 aromatic rings. The molecule has 8 heteroatoms. The number of aromatic nitrogens is 2. The van der Waals surface area contributed by atoms with E-state index in [0.717, 1.165) is 17.1 Å². The van der Waals surface area contributed by atoms with Crippen LogP contribution in [0.1, 0.15) is 39.0 Å². The van der Waals surface area contributed by atoms with Crippen LogP contribution in [0.4, 0.5) is 5.69 Å². The van der Waals surface area contributed by atoms with Gasteiger partial charge >= 0.3 is 0 Å². The summed E-state index contributed by atoms with van der Waals surface area (Å²) in [5, 5.41) is 7.81. The molecule has 0 radical (unpaired) electrons. The number of aryl methyl sites for hydroxylation is 1. The van der Waals surface area contributed by atoms with Crippen molar-refractivity contribution in [1.29, 1.82) is 0 Å². The molecule has 0 spiro atoms. The lowest BCUT2D eigenvalue weighted by Gasteiger charge is -2.11. The van der Waals surface area contributed by atoms with E-state index >= 15 is 0 Å². The number of benzene rings is 2. The summed E-state index contributed by atoms with van der Waals surface area (Å²) in [6.45, 7) is 5.24. The van der Waals surface area contributed by atoms with E-state index in [9.17, 15) is 9.59 Å². The number of carbonyl (C=O) groups is 2. The van der Waals surface area contributed by atoms with E-state index in [4.69, 9.17) is 21.1 Å². The van der Waals surface area contributed by atoms with Crippen molar-refractivity contribution >= 4 is 29.0 Å². The summed E-state index contributed by atoms with van der Waals surface area (Å²) in [6.07, 6.45) is 0. The Morgan fingerprint density at radius 1 is 1.10 bits per heavy atom. The lowest BCUT2D eigenvalue weighted by atomic mass is 10.1. The number of nitrogens with zero attached hydrogens (tertiary/aromatic N) is 2. The third-order valence-corrected chi connectivity index (χ3v) is 5.26. The summed E-state index contributed by atoms with van der Waals surface area (Å²) in [7, 11) is 0. The minimum atomic E-state index is -0.343. The van der Waals surface area contributed by atoms with Crippen LogP contribution in [0.15, 0.2) is 36.4 Å². The Morgan fingerprint density at radius 3 is 2.34 bits per heavy atom. The van der Waals surface area contributed by atoms with Crippen LogP contribution < -0.4 is 14.8 Å². The maximum absolute atomic E-state index is 12.7. The summed E-state index contributed by atoms with van der Waals surface area (Å²) in [5.74, 6) is 0.447. The highest BCUT2D eigenvalue weighted by Gasteiger charge is 2.21. The van der Waals surface area contributed by atoms with Gasteiger partial charge in [-0.15, -0.1) is 0 Å². The third kappa shape index (κ3) is 3.45. The lowest BCUT2D eigenvalue weighted by molar-refractivity contribution is 0.101. The molecule has 148 valence electrons. The number of nitrogens with one attached hydrogen (secondary N) is 1. The first-order chi connectivity index (χ1) is 13.8. The predicted octanol–water partition coefficient (Wildman–Crippen LogP) is 4.33. The largest absolute Gasteiger partial charge is 0.454 e. The van der Waals surface area contributed by atoms with Crippen molar-refractivity contribution in [2.45, 2.75) is 20.8 Å². The third-order valence-electron chi connectivity index (χ3n) is 4.72. The van der Waals surface area contributed by atoms with Gasteiger partial charge in [0.15, 0.2) is 17.3 Å². The molecule has 1 aromatic heterocycles. The first-order valence-corrected chi connectivity index (χ1v) is 9.31. The molecule has 7 nitrogen and oxygen atoms in total. The lowest BCUT2D eigenvalue weighted by Crippen LogP contribution is -2.14. The Bertz CT molecular complexity index is 1140. The zero-order valence-electron chi connectivity index (χ0n) is 16.1. The summed E-state index contributed by atoms with van der Waals surface area (Å²) in [5.41, 5.74) is 3.53. The fourth-order valence-electron chi connectivity index (χ4n) is 3.16. The zero-order chi connectivity index (χ0) is 20.7. The molecule has 1 aliphatic rings. The highest BCUT2D eigenvalue weighted by atomic mass is 35.5. The molecule has 2 heterocycles.